The first-order valence-electron chi connectivity index (χ1n) is 5.03. The van der Waals surface area contributed by atoms with Gasteiger partial charge in [0.05, 0.1) is 16.4 Å². The SMILES string of the molecule is CCn1ncc(Br)c1C(C)C(C)CN. The number of hydrogen-bond donors (Lipinski definition) is 1. The van der Waals surface area contributed by atoms with Gasteiger partial charge in [0.1, 0.15) is 0 Å². The maximum absolute atomic E-state index is 5.68. The first-order chi connectivity index (χ1) is 6.61. The Labute approximate surface area is 93.8 Å². The maximum Gasteiger partial charge on any atom is 0.0635 e. The van der Waals surface area contributed by atoms with Crippen LogP contribution in [0.4, 0.5) is 0 Å². The normalized spacial score (nSPS) is 15.5. The van der Waals surface area contributed by atoms with Crippen LogP contribution >= 0.6 is 15.9 Å². The van der Waals surface area contributed by atoms with Gasteiger partial charge < -0.3 is 5.73 Å². The van der Waals surface area contributed by atoms with Crippen LogP contribution in [0.5, 0.6) is 0 Å². The summed E-state index contributed by atoms with van der Waals surface area (Å²) in [7, 11) is 0. The third-order valence-corrected chi connectivity index (χ3v) is 3.40. The molecule has 80 valence electrons. The second-order valence-electron chi connectivity index (χ2n) is 3.70. The molecule has 0 aromatic carbocycles. The minimum absolute atomic E-state index is 0.442. The number of nitrogens with two attached hydrogens (primary N) is 1. The van der Waals surface area contributed by atoms with E-state index in [1.54, 1.807) is 0 Å². The van der Waals surface area contributed by atoms with E-state index in [1.165, 1.54) is 5.69 Å². The molecule has 4 heteroatoms. The first-order valence-corrected chi connectivity index (χ1v) is 5.82. The summed E-state index contributed by atoms with van der Waals surface area (Å²) in [4.78, 5) is 0. The Morgan fingerprint density at radius 2 is 2.21 bits per heavy atom. The monoisotopic (exact) mass is 259 g/mol. The average Bonchev–Trinajstić information content (AvgIpc) is 2.57. The van der Waals surface area contributed by atoms with Gasteiger partial charge in [-0.15, -0.1) is 0 Å². The highest BCUT2D eigenvalue weighted by Crippen LogP contribution is 2.29. The van der Waals surface area contributed by atoms with Gasteiger partial charge >= 0.3 is 0 Å². The summed E-state index contributed by atoms with van der Waals surface area (Å²) in [6.45, 7) is 8.09. The van der Waals surface area contributed by atoms with Gasteiger partial charge in [-0.1, -0.05) is 13.8 Å². The van der Waals surface area contributed by atoms with Crippen molar-refractivity contribution < 1.29 is 0 Å². The zero-order valence-electron chi connectivity index (χ0n) is 9.00. The number of rotatable bonds is 4. The molecule has 0 aliphatic heterocycles. The van der Waals surface area contributed by atoms with Crippen molar-refractivity contribution in [2.75, 3.05) is 6.54 Å². The van der Waals surface area contributed by atoms with Crippen molar-refractivity contribution in [2.24, 2.45) is 11.7 Å². The van der Waals surface area contributed by atoms with Crippen molar-refractivity contribution in [1.29, 1.82) is 0 Å². The lowest BCUT2D eigenvalue weighted by atomic mass is 9.93. The van der Waals surface area contributed by atoms with Crippen molar-refractivity contribution in [3.8, 4) is 0 Å². The van der Waals surface area contributed by atoms with Gasteiger partial charge in [-0.05, 0) is 35.3 Å². The fourth-order valence-electron chi connectivity index (χ4n) is 1.55. The molecule has 0 bridgehead atoms. The second-order valence-corrected chi connectivity index (χ2v) is 4.55. The highest BCUT2D eigenvalue weighted by molar-refractivity contribution is 9.10. The fourth-order valence-corrected chi connectivity index (χ4v) is 2.21. The highest BCUT2D eigenvalue weighted by atomic mass is 79.9. The van der Waals surface area contributed by atoms with Crippen LogP contribution in [0.25, 0.3) is 0 Å². The molecule has 2 N–H and O–H groups in total. The van der Waals surface area contributed by atoms with Crippen LogP contribution in [-0.4, -0.2) is 16.3 Å². The molecule has 0 aliphatic rings. The Morgan fingerprint density at radius 3 is 2.71 bits per heavy atom. The molecule has 0 saturated carbocycles. The van der Waals surface area contributed by atoms with Gasteiger partial charge in [0.15, 0.2) is 0 Å². The summed E-state index contributed by atoms with van der Waals surface area (Å²) in [6.07, 6.45) is 1.86. The molecule has 0 amide bonds. The van der Waals surface area contributed by atoms with Gasteiger partial charge in [0.25, 0.3) is 0 Å². The van der Waals surface area contributed by atoms with Crippen LogP contribution in [-0.2, 0) is 6.54 Å². The third-order valence-electron chi connectivity index (χ3n) is 2.79. The van der Waals surface area contributed by atoms with Crippen molar-refractivity contribution >= 4 is 15.9 Å². The third kappa shape index (κ3) is 2.17. The Kier molecular flexibility index (Phi) is 4.13. The smallest absolute Gasteiger partial charge is 0.0635 e. The van der Waals surface area contributed by atoms with E-state index in [2.05, 4.69) is 41.8 Å². The van der Waals surface area contributed by atoms with Crippen LogP contribution in [0.3, 0.4) is 0 Å². The lowest BCUT2D eigenvalue weighted by Gasteiger charge is -2.19. The van der Waals surface area contributed by atoms with Gasteiger partial charge in [-0.2, -0.15) is 5.10 Å². The summed E-state index contributed by atoms with van der Waals surface area (Å²) in [6, 6.07) is 0. The van der Waals surface area contributed by atoms with Crippen molar-refractivity contribution in [3.05, 3.63) is 16.4 Å². The standard InChI is InChI=1S/C10H18BrN3/c1-4-14-10(9(11)6-13-14)8(3)7(2)5-12/h6-8H,4-5,12H2,1-3H3. The number of aryl methyl sites for hydroxylation is 1. The van der Waals surface area contributed by atoms with Crippen LogP contribution in [0, 0.1) is 5.92 Å². The number of aromatic nitrogens is 2. The molecule has 1 aromatic heterocycles. The predicted molar refractivity (Wildman–Crippen MR) is 62.2 cm³/mol. The van der Waals surface area contributed by atoms with E-state index in [4.69, 9.17) is 5.73 Å². The van der Waals surface area contributed by atoms with Crippen molar-refractivity contribution in [3.63, 3.8) is 0 Å². The minimum atomic E-state index is 0.442. The Morgan fingerprint density at radius 1 is 1.57 bits per heavy atom. The molecular formula is C10H18BrN3. The van der Waals surface area contributed by atoms with Gasteiger partial charge in [0.2, 0.25) is 0 Å². The zero-order valence-corrected chi connectivity index (χ0v) is 10.6. The van der Waals surface area contributed by atoms with Gasteiger partial charge in [0, 0.05) is 12.5 Å². The average molecular weight is 260 g/mol. The zero-order chi connectivity index (χ0) is 10.7. The van der Waals surface area contributed by atoms with E-state index >= 15 is 0 Å². The second kappa shape index (κ2) is 4.94. The number of halogens is 1. The van der Waals surface area contributed by atoms with E-state index in [-0.39, 0.29) is 0 Å². The molecule has 1 rings (SSSR count). The Hall–Kier alpha value is -0.350. The van der Waals surface area contributed by atoms with E-state index in [0.29, 0.717) is 18.4 Å². The molecule has 0 fully saturated rings. The summed E-state index contributed by atoms with van der Waals surface area (Å²) in [5, 5.41) is 4.30. The molecule has 0 aliphatic carbocycles. The van der Waals surface area contributed by atoms with Crippen LogP contribution in [0.2, 0.25) is 0 Å². The molecule has 0 saturated heterocycles. The fraction of sp³-hybridized carbons (Fsp3) is 0.700. The van der Waals surface area contributed by atoms with Crippen LogP contribution < -0.4 is 5.73 Å². The summed E-state index contributed by atoms with van der Waals surface area (Å²) >= 11 is 3.53. The summed E-state index contributed by atoms with van der Waals surface area (Å²) in [5.41, 5.74) is 6.93. The van der Waals surface area contributed by atoms with E-state index in [0.717, 1.165) is 11.0 Å². The van der Waals surface area contributed by atoms with Crippen LogP contribution in [0.15, 0.2) is 10.7 Å². The van der Waals surface area contributed by atoms with E-state index in [1.807, 2.05) is 10.9 Å². The molecule has 1 heterocycles. The largest absolute Gasteiger partial charge is 0.330 e. The number of hydrogen-bond acceptors (Lipinski definition) is 2. The molecule has 2 atom stereocenters. The quantitative estimate of drug-likeness (QED) is 0.903. The Bertz CT molecular complexity index is 296. The number of nitrogens with zero attached hydrogens (tertiary/aromatic N) is 2. The molecule has 0 radical (unpaired) electrons. The summed E-state index contributed by atoms with van der Waals surface area (Å²) in [5.74, 6) is 0.921. The van der Waals surface area contributed by atoms with Gasteiger partial charge in [-0.3, -0.25) is 4.68 Å². The van der Waals surface area contributed by atoms with E-state index < -0.39 is 0 Å². The minimum Gasteiger partial charge on any atom is -0.330 e. The molecule has 14 heavy (non-hydrogen) atoms. The molecule has 1 aromatic rings. The van der Waals surface area contributed by atoms with Crippen LogP contribution in [0.1, 0.15) is 32.4 Å². The molecule has 3 nitrogen and oxygen atoms in total. The molecule has 2 unspecified atom stereocenters. The lowest BCUT2D eigenvalue weighted by molar-refractivity contribution is 0.458. The maximum atomic E-state index is 5.68. The predicted octanol–water partition coefficient (Wildman–Crippen LogP) is 2.36. The lowest BCUT2D eigenvalue weighted by Crippen LogP contribution is -2.20. The topological polar surface area (TPSA) is 43.8 Å². The first kappa shape index (κ1) is 11.7. The summed E-state index contributed by atoms with van der Waals surface area (Å²) < 4.78 is 3.12. The van der Waals surface area contributed by atoms with E-state index in [9.17, 15) is 0 Å². The van der Waals surface area contributed by atoms with Gasteiger partial charge in [-0.25, -0.2) is 0 Å². The highest BCUT2D eigenvalue weighted by Gasteiger charge is 2.19. The molecule has 0 spiro atoms. The van der Waals surface area contributed by atoms with Crippen molar-refractivity contribution in [1.82, 2.24) is 9.78 Å². The molecular weight excluding hydrogens is 242 g/mol. The van der Waals surface area contributed by atoms with Crippen molar-refractivity contribution in [2.45, 2.75) is 33.2 Å². The Balaban J connectivity index is 2.97.